The second-order valence-corrected chi connectivity index (χ2v) is 5.39. The number of benzene rings is 1. The molecule has 0 heterocycles. The van der Waals surface area contributed by atoms with Crippen molar-refractivity contribution in [1.29, 1.82) is 0 Å². The van der Waals surface area contributed by atoms with E-state index in [2.05, 4.69) is 44.3 Å². The van der Waals surface area contributed by atoms with E-state index in [0.717, 1.165) is 38.5 Å². The molecule has 0 saturated carbocycles. The lowest BCUT2D eigenvalue weighted by Crippen LogP contribution is -2.37. The van der Waals surface area contributed by atoms with Crippen LogP contribution in [0.15, 0.2) is 24.3 Å². The van der Waals surface area contributed by atoms with Crippen LogP contribution in [0.2, 0.25) is 0 Å². The maximum absolute atomic E-state index is 5.66. The minimum atomic E-state index is 0.384. The molecule has 114 valence electrons. The number of hydrogen-bond acceptors (Lipinski definition) is 3. The van der Waals surface area contributed by atoms with E-state index in [4.69, 9.17) is 9.47 Å². The summed E-state index contributed by atoms with van der Waals surface area (Å²) in [4.78, 5) is 0. The van der Waals surface area contributed by atoms with E-state index in [9.17, 15) is 0 Å². The van der Waals surface area contributed by atoms with Gasteiger partial charge in [-0.15, -0.1) is 0 Å². The minimum absolute atomic E-state index is 0.384. The van der Waals surface area contributed by atoms with Crippen LogP contribution in [0.5, 0.6) is 5.75 Å². The third kappa shape index (κ3) is 6.40. The van der Waals surface area contributed by atoms with Crippen LogP contribution in [0.1, 0.15) is 39.7 Å². The predicted octanol–water partition coefficient (Wildman–Crippen LogP) is 3.63. The van der Waals surface area contributed by atoms with Crippen LogP contribution in [0.3, 0.4) is 0 Å². The molecule has 0 spiro atoms. The maximum Gasteiger partial charge on any atom is 0.119 e. The first-order chi connectivity index (χ1) is 9.67. The van der Waals surface area contributed by atoms with E-state index < -0.39 is 0 Å². The van der Waals surface area contributed by atoms with E-state index in [1.54, 1.807) is 0 Å². The Morgan fingerprint density at radius 3 is 2.65 bits per heavy atom. The van der Waals surface area contributed by atoms with Crippen LogP contribution in [0.4, 0.5) is 0 Å². The van der Waals surface area contributed by atoms with Crippen LogP contribution in [-0.2, 0) is 11.3 Å². The summed E-state index contributed by atoms with van der Waals surface area (Å²) < 4.78 is 11.2. The minimum Gasteiger partial charge on any atom is -0.494 e. The molecule has 0 bridgehead atoms. The van der Waals surface area contributed by atoms with E-state index in [1.165, 1.54) is 5.56 Å². The molecule has 1 aromatic carbocycles. The van der Waals surface area contributed by atoms with Crippen LogP contribution in [0, 0.1) is 5.92 Å². The van der Waals surface area contributed by atoms with Gasteiger partial charge in [0.25, 0.3) is 0 Å². The zero-order valence-electron chi connectivity index (χ0n) is 13.3. The third-order valence-electron chi connectivity index (χ3n) is 3.25. The molecule has 1 atom stereocenters. The SMILES string of the molecule is CCCOc1cccc(CNC(COCC)C(C)C)c1. The first kappa shape index (κ1) is 17.0. The second-order valence-electron chi connectivity index (χ2n) is 5.39. The molecule has 0 aliphatic carbocycles. The molecule has 0 aromatic heterocycles. The Morgan fingerprint density at radius 1 is 1.20 bits per heavy atom. The maximum atomic E-state index is 5.66. The summed E-state index contributed by atoms with van der Waals surface area (Å²) in [7, 11) is 0. The molecule has 3 nitrogen and oxygen atoms in total. The molecule has 0 fully saturated rings. The summed E-state index contributed by atoms with van der Waals surface area (Å²) in [6, 6.07) is 8.69. The Bertz CT molecular complexity index is 366. The highest BCUT2D eigenvalue weighted by atomic mass is 16.5. The number of hydrogen-bond donors (Lipinski definition) is 1. The Kier molecular flexibility index (Phi) is 8.31. The molecule has 20 heavy (non-hydrogen) atoms. The predicted molar refractivity (Wildman–Crippen MR) is 84.2 cm³/mol. The van der Waals surface area contributed by atoms with Gasteiger partial charge in [0.2, 0.25) is 0 Å². The fraction of sp³-hybridized carbons (Fsp3) is 0.647. The standard InChI is InChI=1S/C17H29NO2/c1-5-10-20-16-9-7-8-15(11-16)12-18-17(14(3)4)13-19-6-2/h7-9,11,14,17-18H,5-6,10,12-13H2,1-4H3. The summed E-state index contributed by atoms with van der Waals surface area (Å²) in [6.07, 6.45) is 1.03. The first-order valence-electron chi connectivity index (χ1n) is 7.70. The van der Waals surface area contributed by atoms with Crippen LogP contribution < -0.4 is 10.1 Å². The number of ether oxygens (including phenoxy) is 2. The third-order valence-corrected chi connectivity index (χ3v) is 3.25. The van der Waals surface area contributed by atoms with Crippen molar-refractivity contribution in [1.82, 2.24) is 5.32 Å². The summed E-state index contributed by atoms with van der Waals surface area (Å²) in [6.45, 7) is 11.7. The average molecular weight is 279 g/mol. The fourth-order valence-electron chi connectivity index (χ4n) is 1.95. The van der Waals surface area contributed by atoms with Gasteiger partial charge in [0.1, 0.15) is 5.75 Å². The lowest BCUT2D eigenvalue weighted by Gasteiger charge is -2.22. The molecule has 0 amide bonds. The normalized spacial score (nSPS) is 12.7. The van der Waals surface area contributed by atoms with Crippen molar-refractivity contribution in [2.45, 2.75) is 46.7 Å². The number of nitrogens with one attached hydrogen (secondary N) is 1. The van der Waals surface area contributed by atoms with Crippen LogP contribution in [-0.4, -0.2) is 25.9 Å². The van der Waals surface area contributed by atoms with Gasteiger partial charge in [0, 0.05) is 19.2 Å². The van der Waals surface area contributed by atoms with Gasteiger partial charge >= 0.3 is 0 Å². The van der Waals surface area contributed by atoms with Crippen LogP contribution >= 0.6 is 0 Å². The van der Waals surface area contributed by atoms with Crippen molar-refractivity contribution < 1.29 is 9.47 Å². The van der Waals surface area contributed by atoms with Gasteiger partial charge in [-0.3, -0.25) is 0 Å². The average Bonchev–Trinajstić information content (AvgIpc) is 2.45. The van der Waals surface area contributed by atoms with Crippen molar-refractivity contribution in [3.8, 4) is 5.75 Å². The van der Waals surface area contributed by atoms with E-state index in [-0.39, 0.29) is 0 Å². The molecule has 1 rings (SSSR count). The van der Waals surface area contributed by atoms with Crippen molar-refractivity contribution in [2.75, 3.05) is 19.8 Å². The van der Waals surface area contributed by atoms with Gasteiger partial charge < -0.3 is 14.8 Å². The fourth-order valence-corrected chi connectivity index (χ4v) is 1.95. The Labute approximate surface area is 123 Å². The highest BCUT2D eigenvalue weighted by Gasteiger charge is 2.12. The molecule has 0 aliphatic heterocycles. The second kappa shape index (κ2) is 9.78. The summed E-state index contributed by atoms with van der Waals surface area (Å²) in [5, 5.41) is 3.57. The van der Waals surface area contributed by atoms with Crippen LogP contribution in [0.25, 0.3) is 0 Å². The Morgan fingerprint density at radius 2 is 2.00 bits per heavy atom. The highest BCUT2D eigenvalue weighted by Crippen LogP contribution is 2.14. The van der Waals surface area contributed by atoms with Gasteiger partial charge in [-0.1, -0.05) is 32.9 Å². The van der Waals surface area contributed by atoms with E-state index in [0.29, 0.717) is 12.0 Å². The van der Waals surface area contributed by atoms with Gasteiger partial charge in [-0.2, -0.15) is 0 Å². The zero-order valence-corrected chi connectivity index (χ0v) is 13.3. The summed E-state index contributed by atoms with van der Waals surface area (Å²) >= 11 is 0. The molecule has 1 unspecified atom stereocenters. The van der Waals surface area contributed by atoms with Gasteiger partial charge in [-0.25, -0.2) is 0 Å². The highest BCUT2D eigenvalue weighted by molar-refractivity contribution is 5.28. The topological polar surface area (TPSA) is 30.5 Å². The van der Waals surface area contributed by atoms with Crippen molar-refractivity contribution in [3.05, 3.63) is 29.8 Å². The van der Waals surface area contributed by atoms with Gasteiger partial charge in [0.05, 0.1) is 13.2 Å². The molecule has 0 aliphatic rings. The number of rotatable bonds is 10. The molecular weight excluding hydrogens is 250 g/mol. The van der Waals surface area contributed by atoms with Crippen molar-refractivity contribution >= 4 is 0 Å². The Balaban J connectivity index is 2.49. The quantitative estimate of drug-likeness (QED) is 0.709. The van der Waals surface area contributed by atoms with E-state index >= 15 is 0 Å². The molecule has 0 saturated heterocycles. The molecule has 3 heteroatoms. The summed E-state index contributed by atoms with van der Waals surface area (Å²) in [5.74, 6) is 1.51. The van der Waals surface area contributed by atoms with Gasteiger partial charge in [-0.05, 0) is 37.0 Å². The smallest absolute Gasteiger partial charge is 0.119 e. The molecule has 1 N–H and O–H groups in total. The Hall–Kier alpha value is -1.06. The van der Waals surface area contributed by atoms with Gasteiger partial charge in [0.15, 0.2) is 0 Å². The lowest BCUT2D eigenvalue weighted by atomic mass is 10.0. The summed E-state index contributed by atoms with van der Waals surface area (Å²) in [5.41, 5.74) is 1.25. The lowest BCUT2D eigenvalue weighted by molar-refractivity contribution is 0.108. The molecular formula is C17H29NO2. The van der Waals surface area contributed by atoms with E-state index in [1.807, 2.05) is 13.0 Å². The molecule has 0 radical (unpaired) electrons. The first-order valence-corrected chi connectivity index (χ1v) is 7.70. The molecule has 1 aromatic rings. The van der Waals surface area contributed by atoms with Crippen molar-refractivity contribution in [2.24, 2.45) is 5.92 Å². The monoisotopic (exact) mass is 279 g/mol. The zero-order chi connectivity index (χ0) is 14.8. The largest absolute Gasteiger partial charge is 0.494 e. The van der Waals surface area contributed by atoms with Crippen molar-refractivity contribution in [3.63, 3.8) is 0 Å².